The van der Waals surface area contributed by atoms with Crippen LogP contribution < -0.4 is 15.7 Å². The summed E-state index contributed by atoms with van der Waals surface area (Å²) in [4.78, 5) is 0. The van der Waals surface area contributed by atoms with Crippen LogP contribution in [0.5, 0.6) is 0 Å². The monoisotopic (exact) mass is 371 g/mol. The lowest BCUT2D eigenvalue weighted by atomic mass is 9.97. The smallest absolute Gasteiger partial charge is 0.200 e. The van der Waals surface area contributed by atoms with Crippen molar-refractivity contribution in [2.75, 3.05) is 19.5 Å². The minimum absolute atomic E-state index is 0.138. The van der Waals surface area contributed by atoms with E-state index in [1.165, 1.54) is 23.9 Å². The summed E-state index contributed by atoms with van der Waals surface area (Å²) in [5.41, 5.74) is 1.41. The summed E-state index contributed by atoms with van der Waals surface area (Å²) in [6.07, 6.45) is 3.98. The summed E-state index contributed by atoms with van der Waals surface area (Å²) in [6, 6.07) is 5.72. The first kappa shape index (κ1) is 17.6. The van der Waals surface area contributed by atoms with Crippen LogP contribution in [-0.4, -0.2) is 30.9 Å². The molecular formula is C16H19ClFN3O2S. The van der Waals surface area contributed by atoms with Crippen molar-refractivity contribution < 1.29 is 14.2 Å². The van der Waals surface area contributed by atoms with Crippen LogP contribution in [0.4, 0.5) is 4.39 Å². The van der Waals surface area contributed by atoms with Crippen molar-refractivity contribution in [1.29, 1.82) is 0 Å². The van der Waals surface area contributed by atoms with Gasteiger partial charge in [0.1, 0.15) is 11.9 Å². The van der Waals surface area contributed by atoms with Gasteiger partial charge in [-0.25, -0.2) is 4.39 Å². The first-order valence-corrected chi connectivity index (χ1v) is 9.28. The quantitative estimate of drug-likeness (QED) is 0.552. The Bertz CT molecular complexity index is 653. The van der Waals surface area contributed by atoms with E-state index in [0.717, 1.165) is 11.1 Å². The first-order chi connectivity index (χ1) is 11.6. The summed E-state index contributed by atoms with van der Waals surface area (Å²) in [5, 5.41) is 19.3. The lowest BCUT2D eigenvalue weighted by Crippen LogP contribution is -3.09. The number of rotatable bonds is 3. The fourth-order valence-corrected chi connectivity index (χ4v) is 3.58. The average Bonchev–Trinajstić information content (AvgIpc) is 2.59. The molecule has 8 heteroatoms. The van der Waals surface area contributed by atoms with Crippen LogP contribution in [0.25, 0.3) is 0 Å². The average molecular weight is 372 g/mol. The van der Waals surface area contributed by atoms with Crippen LogP contribution in [0.1, 0.15) is 5.56 Å². The van der Waals surface area contributed by atoms with E-state index in [0.29, 0.717) is 25.5 Å². The molecule has 1 aromatic carbocycles. The zero-order chi connectivity index (χ0) is 17.1. The van der Waals surface area contributed by atoms with Gasteiger partial charge in [-0.05, 0) is 35.6 Å². The summed E-state index contributed by atoms with van der Waals surface area (Å²) in [5.74, 6) is 0.335. The molecule has 0 amide bonds. The Labute approximate surface area is 149 Å². The molecule has 0 saturated carbocycles. The summed E-state index contributed by atoms with van der Waals surface area (Å²) < 4.78 is 19.1. The van der Waals surface area contributed by atoms with Gasteiger partial charge < -0.3 is 20.3 Å². The van der Waals surface area contributed by atoms with Gasteiger partial charge in [-0.2, -0.15) is 0 Å². The number of hydrogen-bond donors (Lipinski definition) is 3. The molecule has 1 aromatic rings. The van der Waals surface area contributed by atoms with E-state index in [2.05, 4.69) is 10.6 Å². The Morgan fingerprint density at radius 2 is 2.17 bits per heavy atom. The molecule has 2 heterocycles. The second kappa shape index (κ2) is 7.76. The molecule has 5 nitrogen and oxygen atoms in total. The highest BCUT2D eigenvalue weighted by atomic mass is 35.5. The molecule has 0 aromatic heterocycles. The van der Waals surface area contributed by atoms with Crippen molar-refractivity contribution in [3.63, 3.8) is 0 Å². The zero-order valence-electron chi connectivity index (χ0n) is 13.1. The number of quaternary nitrogens is 1. The number of hydrogen-bond acceptors (Lipinski definition) is 5. The van der Waals surface area contributed by atoms with E-state index in [-0.39, 0.29) is 21.5 Å². The molecule has 3 N–H and O–H groups in total. The van der Waals surface area contributed by atoms with E-state index in [1.54, 1.807) is 18.2 Å². The highest BCUT2D eigenvalue weighted by molar-refractivity contribution is 7.99. The molecule has 130 valence electrons. The zero-order valence-corrected chi connectivity index (χ0v) is 14.7. The number of thioether (sulfide) groups is 1. The fourth-order valence-electron chi connectivity index (χ4n) is 2.80. The number of benzene rings is 1. The lowest BCUT2D eigenvalue weighted by Gasteiger charge is -2.37. The molecule has 2 aliphatic rings. The summed E-state index contributed by atoms with van der Waals surface area (Å²) in [6.45, 7) is 1.13. The standard InChI is InChI=1S/C16H19ClFN3O2S/c1-24-15-7-14(17)21(22)13(6-10-2-4-11(18)5-3-10)12-8-19-9-20-16(12)23-15/h2-5,7,13,15,19-21H,6,8-9H2,1H3/b14-7-. The molecule has 3 atom stereocenters. The number of ether oxygens (including phenoxy) is 1. The second-order valence-electron chi connectivity index (χ2n) is 5.62. The van der Waals surface area contributed by atoms with E-state index in [9.17, 15) is 9.60 Å². The van der Waals surface area contributed by atoms with Crippen molar-refractivity contribution in [2.45, 2.75) is 17.9 Å². The third-order valence-corrected chi connectivity index (χ3v) is 5.06. The van der Waals surface area contributed by atoms with Gasteiger partial charge in [-0.1, -0.05) is 12.1 Å². The van der Waals surface area contributed by atoms with Gasteiger partial charge in [0.25, 0.3) is 0 Å². The molecule has 3 unspecified atom stereocenters. The largest absolute Gasteiger partial charge is 0.628 e. The molecule has 0 fully saturated rings. The van der Waals surface area contributed by atoms with E-state index in [1.807, 2.05) is 6.26 Å². The predicted octanol–water partition coefficient (Wildman–Crippen LogP) is 1.28. The molecule has 0 spiro atoms. The maximum atomic E-state index is 13.1. The minimum Gasteiger partial charge on any atom is -0.628 e. The lowest BCUT2D eigenvalue weighted by molar-refractivity contribution is -0.822. The highest BCUT2D eigenvalue weighted by Crippen LogP contribution is 2.23. The predicted molar refractivity (Wildman–Crippen MR) is 93.6 cm³/mol. The Morgan fingerprint density at radius 3 is 2.88 bits per heavy atom. The maximum absolute atomic E-state index is 13.1. The van der Waals surface area contributed by atoms with E-state index in [4.69, 9.17) is 16.3 Å². The van der Waals surface area contributed by atoms with Gasteiger partial charge in [0.2, 0.25) is 5.16 Å². The third-order valence-electron chi connectivity index (χ3n) is 4.06. The molecule has 0 saturated heterocycles. The van der Waals surface area contributed by atoms with Crippen LogP contribution in [0.2, 0.25) is 0 Å². The number of halogens is 2. The van der Waals surface area contributed by atoms with Gasteiger partial charge >= 0.3 is 0 Å². The van der Waals surface area contributed by atoms with Crippen LogP contribution >= 0.6 is 23.4 Å². The Hall–Kier alpha value is -1.25. The van der Waals surface area contributed by atoms with Crippen LogP contribution in [-0.2, 0) is 11.2 Å². The van der Waals surface area contributed by atoms with E-state index >= 15 is 0 Å². The third kappa shape index (κ3) is 3.87. The SMILES string of the molecule is CSC1/C=C(/Cl)[NH+]([O-])C(Cc2ccc(F)cc2)C2=C(NCNC2)O1. The molecular weight excluding hydrogens is 353 g/mol. The topological polar surface area (TPSA) is 60.8 Å². The Balaban J connectivity index is 1.95. The summed E-state index contributed by atoms with van der Waals surface area (Å²) in [7, 11) is 0. The van der Waals surface area contributed by atoms with Crippen molar-refractivity contribution in [3.8, 4) is 0 Å². The van der Waals surface area contributed by atoms with Crippen LogP contribution in [0, 0.1) is 11.0 Å². The molecule has 0 aliphatic carbocycles. The second-order valence-corrected chi connectivity index (χ2v) is 6.96. The first-order valence-electron chi connectivity index (χ1n) is 7.61. The van der Waals surface area contributed by atoms with Gasteiger partial charge in [-0.3, -0.25) is 5.32 Å². The van der Waals surface area contributed by atoms with Crippen molar-refractivity contribution in [2.24, 2.45) is 0 Å². The molecule has 2 aliphatic heterocycles. The van der Waals surface area contributed by atoms with Gasteiger partial charge in [0, 0.05) is 19.0 Å². The molecule has 0 bridgehead atoms. The van der Waals surface area contributed by atoms with E-state index < -0.39 is 6.04 Å². The molecule has 24 heavy (non-hydrogen) atoms. The highest BCUT2D eigenvalue weighted by Gasteiger charge is 2.32. The van der Waals surface area contributed by atoms with Crippen LogP contribution in [0.3, 0.4) is 0 Å². The number of nitrogens with one attached hydrogen (secondary N) is 3. The van der Waals surface area contributed by atoms with Gasteiger partial charge in [-0.15, -0.1) is 11.8 Å². The Morgan fingerprint density at radius 1 is 1.42 bits per heavy atom. The van der Waals surface area contributed by atoms with Crippen LogP contribution in [0.15, 0.2) is 47.0 Å². The van der Waals surface area contributed by atoms with Crippen molar-refractivity contribution in [3.05, 3.63) is 63.5 Å². The minimum atomic E-state index is -0.447. The van der Waals surface area contributed by atoms with Gasteiger partial charge in [0.15, 0.2) is 11.3 Å². The van der Waals surface area contributed by atoms with Crippen molar-refractivity contribution >= 4 is 23.4 Å². The summed E-state index contributed by atoms with van der Waals surface area (Å²) >= 11 is 7.69. The fraction of sp³-hybridized carbons (Fsp3) is 0.375. The maximum Gasteiger partial charge on any atom is 0.200 e. The Kier molecular flexibility index (Phi) is 5.68. The number of hydroxylamine groups is 2. The molecule has 3 rings (SSSR count). The normalized spacial score (nSPS) is 29.5. The molecule has 0 radical (unpaired) electrons. The van der Waals surface area contributed by atoms with Crippen molar-refractivity contribution in [1.82, 2.24) is 10.6 Å². The van der Waals surface area contributed by atoms with Gasteiger partial charge in [0.05, 0.1) is 12.2 Å².